The van der Waals surface area contributed by atoms with E-state index in [4.69, 9.17) is 4.74 Å². The Kier molecular flexibility index (Phi) is 5.79. The van der Waals surface area contributed by atoms with Gasteiger partial charge in [-0.2, -0.15) is 0 Å². The molecule has 0 spiro atoms. The fourth-order valence-electron chi connectivity index (χ4n) is 3.02. The first-order valence-corrected chi connectivity index (χ1v) is 10.0. The van der Waals surface area contributed by atoms with Gasteiger partial charge < -0.3 is 20.3 Å². The molecule has 2 N–H and O–H groups in total. The van der Waals surface area contributed by atoms with Crippen molar-refractivity contribution in [1.29, 1.82) is 0 Å². The minimum absolute atomic E-state index is 0.102. The highest BCUT2D eigenvalue weighted by molar-refractivity contribution is 7.10. The Hall–Kier alpha value is -2.97. The zero-order chi connectivity index (χ0) is 19.2. The van der Waals surface area contributed by atoms with Gasteiger partial charge in [0.1, 0.15) is 0 Å². The minimum Gasteiger partial charge on any atom is -0.378 e. The van der Waals surface area contributed by atoms with E-state index in [-0.39, 0.29) is 5.91 Å². The summed E-state index contributed by atoms with van der Waals surface area (Å²) in [5.41, 5.74) is 2.08. The third-order valence-electron chi connectivity index (χ3n) is 4.37. The summed E-state index contributed by atoms with van der Waals surface area (Å²) in [5, 5.41) is 16.4. The number of nitrogens with one attached hydrogen (secondary N) is 2. The van der Waals surface area contributed by atoms with Crippen LogP contribution in [0.2, 0.25) is 0 Å². The fourth-order valence-corrected chi connectivity index (χ4v) is 3.72. The summed E-state index contributed by atoms with van der Waals surface area (Å²) in [4.78, 5) is 15.4. The molecule has 144 valence electrons. The Morgan fingerprint density at radius 2 is 1.82 bits per heavy atom. The molecule has 1 amide bonds. The summed E-state index contributed by atoms with van der Waals surface area (Å²) in [7, 11) is 0. The quantitative estimate of drug-likeness (QED) is 0.667. The number of morpholine rings is 1. The third kappa shape index (κ3) is 4.65. The molecule has 1 aliphatic rings. The van der Waals surface area contributed by atoms with Crippen LogP contribution in [-0.4, -0.2) is 42.4 Å². The lowest BCUT2D eigenvalue weighted by Crippen LogP contribution is -2.36. The Bertz CT molecular complexity index is 909. The second-order valence-corrected chi connectivity index (χ2v) is 7.38. The molecule has 1 saturated heterocycles. The van der Waals surface area contributed by atoms with Crippen molar-refractivity contribution < 1.29 is 9.53 Å². The lowest BCUT2D eigenvalue weighted by molar-refractivity contribution is -0.115. The molecule has 7 nitrogen and oxygen atoms in total. The minimum atomic E-state index is -0.102. The largest absolute Gasteiger partial charge is 0.378 e. The van der Waals surface area contributed by atoms with Gasteiger partial charge >= 0.3 is 0 Å². The van der Waals surface area contributed by atoms with Crippen molar-refractivity contribution in [2.24, 2.45) is 0 Å². The smallest absolute Gasteiger partial charge is 0.230 e. The monoisotopic (exact) mass is 395 g/mol. The molecule has 0 aliphatic carbocycles. The number of benzene rings is 1. The average Bonchev–Trinajstić information content (AvgIpc) is 3.23. The van der Waals surface area contributed by atoms with E-state index in [2.05, 4.69) is 31.8 Å². The Balaban J connectivity index is 1.40. The van der Waals surface area contributed by atoms with Crippen LogP contribution in [0.3, 0.4) is 0 Å². The van der Waals surface area contributed by atoms with Crippen LogP contribution in [0.4, 0.5) is 23.0 Å². The first-order chi connectivity index (χ1) is 13.8. The van der Waals surface area contributed by atoms with Crippen molar-refractivity contribution in [3.05, 3.63) is 58.8 Å². The molecule has 3 heterocycles. The van der Waals surface area contributed by atoms with Crippen molar-refractivity contribution >= 4 is 40.3 Å². The topological polar surface area (TPSA) is 79.4 Å². The van der Waals surface area contributed by atoms with Gasteiger partial charge in [0.05, 0.1) is 31.0 Å². The number of anilines is 4. The number of rotatable bonds is 6. The molecular weight excluding hydrogens is 374 g/mol. The summed E-state index contributed by atoms with van der Waals surface area (Å²) < 4.78 is 5.44. The standard InChI is InChI=1S/C20H21N5O2S/c26-20(14-15-4-3-13-28-15)22-19-8-7-18(23-24-19)21-16-5-1-2-6-17(16)25-9-11-27-12-10-25/h1-8,13H,9-12,14H2,(H,21,23)(H,22,24,26). The third-order valence-corrected chi connectivity index (χ3v) is 5.24. The van der Waals surface area contributed by atoms with Crippen LogP contribution in [0.5, 0.6) is 0 Å². The van der Waals surface area contributed by atoms with Crippen molar-refractivity contribution in [2.45, 2.75) is 6.42 Å². The van der Waals surface area contributed by atoms with Crippen LogP contribution in [0.1, 0.15) is 4.88 Å². The molecule has 2 aromatic heterocycles. The number of carbonyl (C=O) groups is 1. The highest BCUT2D eigenvalue weighted by Gasteiger charge is 2.15. The number of nitrogens with zero attached hydrogens (tertiary/aromatic N) is 3. The highest BCUT2D eigenvalue weighted by Crippen LogP contribution is 2.28. The van der Waals surface area contributed by atoms with E-state index in [9.17, 15) is 4.79 Å². The van der Waals surface area contributed by atoms with Gasteiger partial charge in [-0.3, -0.25) is 4.79 Å². The van der Waals surface area contributed by atoms with E-state index in [1.807, 2.05) is 41.8 Å². The van der Waals surface area contributed by atoms with Crippen molar-refractivity contribution in [2.75, 3.05) is 41.8 Å². The summed E-state index contributed by atoms with van der Waals surface area (Å²) in [6.45, 7) is 3.18. The maximum absolute atomic E-state index is 12.1. The molecule has 0 bridgehead atoms. The molecule has 1 fully saturated rings. The van der Waals surface area contributed by atoms with Crippen LogP contribution in [0, 0.1) is 0 Å². The number of amides is 1. The van der Waals surface area contributed by atoms with Crippen LogP contribution >= 0.6 is 11.3 Å². The van der Waals surface area contributed by atoms with Crippen LogP contribution < -0.4 is 15.5 Å². The number of hydrogen-bond acceptors (Lipinski definition) is 7. The molecule has 0 unspecified atom stereocenters. The first-order valence-electron chi connectivity index (χ1n) is 9.13. The maximum Gasteiger partial charge on any atom is 0.230 e. The number of thiophene rings is 1. The number of ether oxygens (including phenoxy) is 1. The van der Waals surface area contributed by atoms with Crippen LogP contribution in [-0.2, 0) is 16.0 Å². The maximum atomic E-state index is 12.1. The van der Waals surface area contributed by atoms with Crippen molar-refractivity contribution in [3.8, 4) is 0 Å². The van der Waals surface area contributed by atoms with Crippen molar-refractivity contribution in [3.63, 3.8) is 0 Å². The number of para-hydroxylation sites is 2. The van der Waals surface area contributed by atoms with Gasteiger partial charge in [0.25, 0.3) is 0 Å². The molecule has 28 heavy (non-hydrogen) atoms. The summed E-state index contributed by atoms with van der Waals surface area (Å²) in [5.74, 6) is 0.959. The number of aromatic nitrogens is 2. The Labute approximate surface area is 167 Å². The SMILES string of the molecule is O=C(Cc1cccs1)Nc1ccc(Nc2ccccc2N2CCOCC2)nn1. The van der Waals surface area contributed by atoms with Gasteiger partial charge in [-0.25, -0.2) is 0 Å². The van der Waals surface area contributed by atoms with Gasteiger partial charge in [0.15, 0.2) is 11.6 Å². The zero-order valence-corrected chi connectivity index (χ0v) is 16.1. The summed E-state index contributed by atoms with van der Waals surface area (Å²) >= 11 is 1.56. The zero-order valence-electron chi connectivity index (χ0n) is 15.3. The molecular formula is C20H21N5O2S. The van der Waals surface area contributed by atoms with Crippen molar-refractivity contribution in [1.82, 2.24) is 10.2 Å². The summed E-state index contributed by atoms with van der Waals surface area (Å²) in [6, 6.07) is 15.5. The molecule has 4 rings (SSSR count). The van der Waals surface area contributed by atoms with Crippen LogP contribution in [0.25, 0.3) is 0 Å². The van der Waals surface area contributed by atoms with E-state index in [0.717, 1.165) is 42.6 Å². The van der Waals surface area contributed by atoms with Gasteiger partial charge in [-0.15, -0.1) is 21.5 Å². The average molecular weight is 395 g/mol. The fraction of sp³-hybridized carbons (Fsp3) is 0.250. The van der Waals surface area contributed by atoms with Gasteiger partial charge in [-0.1, -0.05) is 18.2 Å². The molecule has 1 aliphatic heterocycles. The first kappa shape index (κ1) is 18.4. The van der Waals surface area contributed by atoms with E-state index in [1.54, 1.807) is 17.4 Å². The second kappa shape index (κ2) is 8.81. The molecule has 0 saturated carbocycles. The number of carbonyl (C=O) groups excluding carboxylic acids is 1. The highest BCUT2D eigenvalue weighted by atomic mass is 32.1. The lowest BCUT2D eigenvalue weighted by atomic mass is 10.2. The Morgan fingerprint density at radius 3 is 2.57 bits per heavy atom. The Morgan fingerprint density at radius 1 is 1.04 bits per heavy atom. The molecule has 3 aromatic rings. The van der Waals surface area contributed by atoms with E-state index < -0.39 is 0 Å². The van der Waals surface area contributed by atoms with E-state index in [0.29, 0.717) is 18.1 Å². The second-order valence-electron chi connectivity index (χ2n) is 6.35. The van der Waals surface area contributed by atoms with Gasteiger partial charge in [-0.05, 0) is 35.7 Å². The summed E-state index contributed by atoms with van der Waals surface area (Å²) in [6.07, 6.45) is 0.340. The molecule has 0 atom stereocenters. The number of hydrogen-bond donors (Lipinski definition) is 2. The van der Waals surface area contributed by atoms with Gasteiger partial charge in [0.2, 0.25) is 5.91 Å². The molecule has 8 heteroatoms. The van der Waals surface area contributed by atoms with E-state index in [1.165, 1.54) is 0 Å². The van der Waals surface area contributed by atoms with Gasteiger partial charge in [0, 0.05) is 18.0 Å². The molecule has 0 radical (unpaired) electrons. The lowest BCUT2D eigenvalue weighted by Gasteiger charge is -2.30. The van der Waals surface area contributed by atoms with Crippen LogP contribution in [0.15, 0.2) is 53.9 Å². The predicted molar refractivity (Wildman–Crippen MR) is 111 cm³/mol. The normalized spacial score (nSPS) is 13.9. The van der Waals surface area contributed by atoms with E-state index >= 15 is 0 Å². The predicted octanol–water partition coefficient (Wildman–Crippen LogP) is 3.30. The molecule has 1 aromatic carbocycles.